The van der Waals surface area contributed by atoms with Gasteiger partial charge in [-0.1, -0.05) is 47.6 Å². The molecular formula is C30H39FN6O3. The number of aryl methyl sites for hydroxylation is 2. The molecule has 2 aliphatic rings. The third kappa shape index (κ3) is 8.59. The van der Waals surface area contributed by atoms with Crippen LogP contribution < -0.4 is 10.6 Å². The molecule has 0 radical (unpaired) electrons. The average molecular weight is 551 g/mol. The van der Waals surface area contributed by atoms with Crippen LogP contribution in [0.25, 0.3) is 11.1 Å². The second kappa shape index (κ2) is 14.9. The summed E-state index contributed by atoms with van der Waals surface area (Å²) in [5.41, 5.74) is 3.51. The van der Waals surface area contributed by atoms with Crippen LogP contribution in [-0.4, -0.2) is 99.7 Å². The van der Waals surface area contributed by atoms with Gasteiger partial charge in [0.15, 0.2) is 5.96 Å². The molecule has 0 atom stereocenters. The maximum absolute atomic E-state index is 14.1. The van der Waals surface area contributed by atoms with Gasteiger partial charge in [-0.15, -0.1) is 0 Å². The largest absolute Gasteiger partial charge is 0.379 e. The molecule has 214 valence electrons. The van der Waals surface area contributed by atoms with Crippen LogP contribution in [0.4, 0.5) is 10.3 Å². The summed E-state index contributed by atoms with van der Waals surface area (Å²) < 4.78 is 30.6. The Balaban J connectivity index is 1.13. The highest BCUT2D eigenvalue weighted by molar-refractivity contribution is 5.92. The monoisotopic (exact) mass is 550 g/mol. The Morgan fingerprint density at radius 3 is 2.30 bits per heavy atom. The minimum Gasteiger partial charge on any atom is -0.379 e. The second-order valence-corrected chi connectivity index (χ2v) is 10.0. The van der Waals surface area contributed by atoms with Crippen LogP contribution in [0.1, 0.15) is 11.3 Å². The number of morpholine rings is 2. The Morgan fingerprint density at radius 1 is 0.875 bits per heavy atom. The van der Waals surface area contributed by atoms with Gasteiger partial charge in [0.1, 0.15) is 5.82 Å². The minimum atomic E-state index is -0.211. The van der Waals surface area contributed by atoms with Crippen LogP contribution in [0.3, 0.4) is 0 Å². The molecule has 0 aliphatic carbocycles. The van der Waals surface area contributed by atoms with Gasteiger partial charge < -0.3 is 19.3 Å². The third-order valence-corrected chi connectivity index (χ3v) is 7.22. The van der Waals surface area contributed by atoms with Gasteiger partial charge in [0.25, 0.3) is 0 Å². The lowest BCUT2D eigenvalue weighted by molar-refractivity contribution is 0.0389. The molecule has 2 saturated heterocycles. The Kier molecular flexibility index (Phi) is 10.5. The Hall–Kier alpha value is -3.31. The summed E-state index contributed by atoms with van der Waals surface area (Å²) in [7, 11) is 0. The summed E-state index contributed by atoms with van der Waals surface area (Å²) in [6.45, 7) is 10.2. The standard InChI is InChI=1S/C30H39FN6O3/c31-28-4-2-1-3-27(28)25-8-5-24(6-9-25)7-10-26-23-29(40-35-26)34-30(32-11-13-36-15-19-38-20-16-36)33-12-14-37-17-21-39-22-18-37/h1-6,8-9,23H,7,10-22H2,(H2,32,33,34). The van der Waals surface area contributed by atoms with Crippen LogP contribution in [-0.2, 0) is 22.3 Å². The maximum Gasteiger partial charge on any atom is 0.231 e. The molecule has 3 heterocycles. The van der Waals surface area contributed by atoms with Gasteiger partial charge in [-0.05, 0) is 30.0 Å². The fraction of sp³-hybridized carbons (Fsp3) is 0.467. The van der Waals surface area contributed by atoms with E-state index in [0.29, 0.717) is 24.0 Å². The van der Waals surface area contributed by atoms with E-state index in [9.17, 15) is 4.39 Å². The summed E-state index contributed by atoms with van der Waals surface area (Å²) >= 11 is 0. The molecule has 9 nitrogen and oxygen atoms in total. The highest BCUT2D eigenvalue weighted by Crippen LogP contribution is 2.23. The number of aromatic nitrogens is 1. The zero-order valence-electron chi connectivity index (χ0n) is 23.0. The van der Waals surface area contributed by atoms with Crippen molar-refractivity contribution in [2.24, 2.45) is 4.99 Å². The first kappa shape index (κ1) is 28.2. The van der Waals surface area contributed by atoms with E-state index in [0.717, 1.165) is 102 Å². The molecule has 2 aliphatic heterocycles. The van der Waals surface area contributed by atoms with Gasteiger partial charge in [-0.3, -0.25) is 20.1 Å². The smallest absolute Gasteiger partial charge is 0.231 e. The van der Waals surface area contributed by atoms with Gasteiger partial charge >= 0.3 is 0 Å². The van der Waals surface area contributed by atoms with Crippen molar-refractivity contribution in [1.29, 1.82) is 0 Å². The molecule has 0 saturated carbocycles. The number of aliphatic imine (C=N–C) groups is 1. The van der Waals surface area contributed by atoms with E-state index in [1.165, 1.54) is 6.07 Å². The number of benzene rings is 2. The summed E-state index contributed by atoms with van der Waals surface area (Å²) in [6.07, 6.45) is 1.54. The lowest BCUT2D eigenvalue weighted by Gasteiger charge is -2.27. The number of anilines is 1. The van der Waals surface area contributed by atoms with Crippen molar-refractivity contribution >= 4 is 11.8 Å². The zero-order chi connectivity index (χ0) is 27.4. The molecule has 3 aromatic rings. The van der Waals surface area contributed by atoms with Crippen LogP contribution >= 0.6 is 0 Å². The van der Waals surface area contributed by atoms with E-state index in [1.54, 1.807) is 12.1 Å². The fourth-order valence-electron chi connectivity index (χ4n) is 4.85. The summed E-state index contributed by atoms with van der Waals surface area (Å²) in [5, 5.41) is 11.0. The van der Waals surface area contributed by atoms with Crippen molar-refractivity contribution in [2.45, 2.75) is 12.8 Å². The van der Waals surface area contributed by atoms with E-state index in [4.69, 9.17) is 19.0 Å². The van der Waals surface area contributed by atoms with E-state index in [-0.39, 0.29) is 5.82 Å². The summed E-state index contributed by atoms with van der Waals surface area (Å²) in [6, 6.07) is 16.8. The van der Waals surface area contributed by atoms with Crippen molar-refractivity contribution in [3.8, 4) is 11.1 Å². The summed E-state index contributed by atoms with van der Waals surface area (Å²) in [5.74, 6) is 1.04. The lowest BCUT2D eigenvalue weighted by Crippen LogP contribution is -2.43. The zero-order valence-corrected chi connectivity index (χ0v) is 23.0. The van der Waals surface area contributed by atoms with Gasteiger partial charge in [0.05, 0.1) is 38.7 Å². The van der Waals surface area contributed by atoms with Crippen LogP contribution in [0.5, 0.6) is 0 Å². The Morgan fingerprint density at radius 2 is 1.57 bits per heavy atom. The molecule has 5 rings (SSSR count). The molecule has 0 amide bonds. The van der Waals surface area contributed by atoms with Crippen LogP contribution in [0.2, 0.25) is 0 Å². The van der Waals surface area contributed by atoms with Gasteiger partial charge in [-0.2, -0.15) is 0 Å². The number of guanidine groups is 1. The van der Waals surface area contributed by atoms with Gasteiger partial charge in [0.2, 0.25) is 5.88 Å². The Bertz CT molecular complexity index is 1210. The molecule has 0 spiro atoms. The number of nitrogens with one attached hydrogen (secondary N) is 2. The minimum absolute atomic E-state index is 0.211. The third-order valence-electron chi connectivity index (χ3n) is 7.22. The van der Waals surface area contributed by atoms with Crippen LogP contribution in [0.15, 0.2) is 64.1 Å². The molecule has 0 bridgehead atoms. The molecule has 2 fully saturated rings. The first-order valence-corrected chi connectivity index (χ1v) is 14.2. The second-order valence-electron chi connectivity index (χ2n) is 10.0. The molecular weight excluding hydrogens is 511 g/mol. The average Bonchev–Trinajstić information content (AvgIpc) is 3.45. The first-order valence-electron chi connectivity index (χ1n) is 14.2. The number of hydrogen-bond acceptors (Lipinski definition) is 7. The van der Waals surface area contributed by atoms with E-state index < -0.39 is 0 Å². The van der Waals surface area contributed by atoms with Gasteiger partial charge in [-0.25, -0.2) is 4.39 Å². The van der Waals surface area contributed by atoms with E-state index in [1.807, 2.05) is 36.4 Å². The van der Waals surface area contributed by atoms with Crippen molar-refractivity contribution in [2.75, 3.05) is 84.1 Å². The molecule has 40 heavy (non-hydrogen) atoms. The highest BCUT2D eigenvalue weighted by atomic mass is 19.1. The van der Waals surface area contributed by atoms with Crippen molar-refractivity contribution < 1.29 is 18.4 Å². The predicted molar refractivity (Wildman–Crippen MR) is 154 cm³/mol. The molecule has 1 aromatic heterocycles. The maximum atomic E-state index is 14.1. The fourth-order valence-corrected chi connectivity index (χ4v) is 4.85. The molecule has 10 heteroatoms. The van der Waals surface area contributed by atoms with E-state index >= 15 is 0 Å². The predicted octanol–water partition coefficient (Wildman–Crippen LogP) is 3.29. The molecule has 2 N–H and O–H groups in total. The number of rotatable bonds is 11. The van der Waals surface area contributed by atoms with E-state index in [2.05, 4.69) is 25.6 Å². The van der Waals surface area contributed by atoms with Crippen molar-refractivity contribution in [3.63, 3.8) is 0 Å². The molecule has 2 aromatic carbocycles. The lowest BCUT2D eigenvalue weighted by atomic mass is 10.0. The number of halogens is 1. The normalized spacial score (nSPS) is 17.2. The van der Waals surface area contributed by atoms with Crippen LogP contribution in [0, 0.1) is 5.82 Å². The Labute approximate surface area is 235 Å². The topological polar surface area (TPSA) is 87.4 Å². The number of nitrogens with zero attached hydrogens (tertiary/aromatic N) is 4. The van der Waals surface area contributed by atoms with Crippen molar-refractivity contribution in [1.82, 2.24) is 20.3 Å². The van der Waals surface area contributed by atoms with Gasteiger partial charge in [0, 0.05) is 57.4 Å². The number of hydrogen-bond donors (Lipinski definition) is 2. The van der Waals surface area contributed by atoms with Crippen molar-refractivity contribution in [3.05, 3.63) is 71.7 Å². The molecule has 0 unspecified atom stereocenters. The highest BCUT2D eigenvalue weighted by Gasteiger charge is 2.13. The summed E-state index contributed by atoms with van der Waals surface area (Å²) in [4.78, 5) is 9.55. The number of ether oxygens (including phenoxy) is 2. The SMILES string of the molecule is Fc1ccccc1-c1ccc(CCc2cc(NC(=NCCN3CCOCC3)NCCN3CCOCC3)on2)cc1. The first-order chi connectivity index (χ1) is 19.7. The quantitative estimate of drug-likeness (QED) is 0.278.